The van der Waals surface area contributed by atoms with Gasteiger partial charge in [0.1, 0.15) is 5.75 Å². The van der Waals surface area contributed by atoms with Crippen LogP contribution in [0, 0.1) is 11.8 Å². The average molecular weight is 340 g/mol. The summed E-state index contributed by atoms with van der Waals surface area (Å²) in [6.07, 6.45) is 4.06. The molecule has 2 nitrogen and oxygen atoms in total. The van der Waals surface area contributed by atoms with Crippen molar-refractivity contribution in [3.63, 3.8) is 0 Å². The molecular formula is C17H26BrNO. The predicted molar refractivity (Wildman–Crippen MR) is 88.2 cm³/mol. The van der Waals surface area contributed by atoms with E-state index < -0.39 is 0 Å². The molecule has 0 spiro atoms. The molecule has 1 aromatic rings. The summed E-state index contributed by atoms with van der Waals surface area (Å²) in [6, 6.07) is 6.69. The Bertz CT molecular complexity index is 439. The van der Waals surface area contributed by atoms with Crippen molar-refractivity contribution in [3.05, 3.63) is 28.2 Å². The third-order valence-corrected chi connectivity index (χ3v) is 5.00. The van der Waals surface area contributed by atoms with Gasteiger partial charge in [-0.1, -0.05) is 35.8 Å². The smallest absolute Gasteiger partial charge is 0.120 e. The molecule has 3 unspecified atom stereocenters. The molecule has 1 saturated carbocycles. The molecular weight excluding hydrogens is 314 g/mol. The lowest BCUT2D eigenvalue weighted by Crippen LogP contribution is -2.28. The minimum atomic E-state index is 0.341. The zero-order chi connectivity index (χ0) is 14.7. The Labute approximate surface area is 131 Å². The van der Waals surface area contributed by atoms with E-state index in [4.69, 9.17) is 4.74 Å². The van der Waals surface area contributed by atoms with Gasteiger partial charge in [-0.3, -0.25) is 0 Å². The Morgan fingerprint density at radius 1 is 1.20 bits per heavy atom. The summed E-state index contributed by atoms with van der Waals surface area (Å²) < 4.78 is 7.31. The Morgan fingerprint density at radius 2 is 1.85 bits per heavy atom. The van der Waals surface area contributed by atoms with Crippen LogP contribution in [0.2, 0.25) is 0 Å². The van der Waals surface area contributed by atoms with Gasteiger partial charge < -0.3 is 10.1 Å². The number of rotatable bonds is 4. The van der Waals surface area contributed by atoms with E-state index in [-0.39, 0.29) is 0 Å². The number of hydrogen-bond donors (Lipinski definition) is 1. The Hall–Kier alpha value is -0.540. The maximum Gasteiger partial charge on any atom is 0.120 e. The van der Waals surface area contributed by atoms with Gasteiger partial charge in [0.2, 0.25) is 0 Å². The fourth-order valence-electron chi connectivity index (χ4n) is 3.25. The second-order valence-corrected chi connectivity index (χ2v) is 7.21. The van der Waals surface area contributed by atoms with E-state index in [1.54, 1.807) is 0 Å². The van der Waals surface area contributed by atoms with E-state index in [0.717, 1.165) is 22.1 Å². The highest BCUT2D eigenvalue weighted by Gasteiger charge is 2.25. The van der Waals surface area contributed by atoms with Gasteiger partial charge in [-0.2, -0.15) is 0 Å². The molecule has 20 heavy (non-hydrogen) atoms. The summed E-state index contributed by atoms with van der Waals surface area (Å²) in [6.45, 7) is 6.82. The first-order chi connectivity index (χ1) is 9.49. The molecule has 0 saturated heterocycles. The van der Waals surface area contributed by atoms with Gasteiger partial charge >= 0.3 is 0 Å². The van der Waals surface area contributed by atoms with Crippen molar-refractivity contribution in [1.29, 1.82) is 0 Å². The molecule has 2 rings (SSSR count). The molecule has 0 bridgehead atoms. The van der Waals surface area contributed by atoms with Gasteiger partial charge in [0.25, 0.3) is 0 Å². The maximum atomic E-state index is 6.19. The van der Waals surface area contributed by atoms with Gasteiger partial charge in [-0.05, 0) is 62.8 Å². The molecule has 1 aliphatic carbocycles. The van der Waals surface area contributed by atoms with Crippen LogP contribution in [-0.4, -0.2) is 13.2 Å². The third-order valence-electron chi connectivity index (χ3n) is 4.31. The van der Waals surface area contributed by atoms with E-state index in [2.05, 4.69) is 60.2 Å². The quantitative estimate of drug-likeness (QED) is 0.839. The van der Waals surface area contributed by atoms with E-state index in [1.807, 2.05) is 7.05 Å². The van der Waals surface area contributed by atoms with E-state index in [1.165, 1.54) is 24.8 Å². The highest BCUT2D eigenvalue weighted by molar-refractivity contribution is 9.10. The molecule has 1 aromatic carbocycles. The molecule has 0 radical (unpaired) electrons. The van der Waals surface area contributed by atoms with Crippen molar-refractivity contribution in [3.8, 4) is 5.75 Å². The zero-order valence-electron chi connectivity index (χ0n) is 12.9. The van der Waals surface area contributed by atoms with E-state index in [9.17, 15) is 0 Å². The molecule has 0 heterocycles. The van der Waals surface area contributed by atoms with Crippen molar-refractivity contribution in [1.82, 2.24) is 5.32 Å². The molecule has 112 valence electrons. The monoisotopic (exact) mass is 339 g/mol. The van der Waals surface area contributed by atoms with Gasteiger partial charge in [0.15, 0.2) is 0 Å². The number of hydrogen-bond acceptors (Lipinski definition) is 2. The Morgan fingerprint density at radius 3 is 2.40 bits per heavy atom. The fourth-order valence-corrected chi connectivity index (χ4v) is 3.95. The lowest BCUT2D eigenvalue weighted by atomic mass is 9.82. The van der Waals surface area contributed by atoms with Crippen LogP contribution in [0.5, 0.6) is 5.75 Å². The predicted octanol–water partition coefficient (Wildman–Crippen LogP) is 4.93. The normalized spacial score (nSPS) is 28.1. The zero-order valence-corrected chi connectivity index (χ0v) is 14.5. The van der Waals surface area contributed by atoms with Crippen LogP contribution < -0.4 is 10.1 Å². The molecule has 0 aromatic heterocycles. The second-order valence-electron chi connectivity index (χ2n) is 6.35. The maximum absolute atomic E-state index is 6.19. The molecule has 1 aliphatic rings. The Kier molecular flexibility index (Phi) is 5.50. The van der Waals surface area contributed by atoms with E-state index in [0.29, 0.717) is 12.1 Å². The second kappa shape index (κ2) is 6.95. The van der Waals surface area contributed by atoms with Gasteiger partial charge in [-0.15, -0.1) is 0 Å². The lowest BCUT2D eigenvalue weighted by Gasteiger charge is -2.31. The summed E-state index contributed by atoms with van der Waals surface area (Å²) in [4.78, 5) is 0. The first-order valence-corrected chi connectivity index (χ1v) is 8.42. The van der Waals surface area contributed by atoms with Crippen LogP contribution in [0.15, 0.2) is 22.7 Å². The fraction of sp³-hybridized carbons (Fsp3) is 0.647. The molecule has 1 fully saturated rings. The van der Waals surface area contributed by atoms with Crippen molar-refractivity contribution >= 4 is 15.9 Å². The van der Waals surface area contributed by atoms with Crippen LogP contribution in [0.25, 0.3) is 0 Å². The number of halogens is 1. The van der Waals surface area contributed by atoms with Crippen LogP contribution in [0.1, 0.15) is 51.6 Å². The largest absolute Gasteiger partial charge is 0.490 e. The highest BCUT2D eigenvalue weighted by Crippen LogP contribution is 2.33. The number of benzene rings is 1. The van der Waals surface area contributed by atoms with Crippen molar-refractivity contribution in [2.75, 3.05) is 7.05 Å². The number of nitrogens with one attached hydrogen (secondary N) is 1. The van der Waals surface area contributed by atoms with Crippen LogP contribution in [0.4, 0.5) is 0 Å². The third kappa shape index (κ3) is 3.98. The van der Waals surface area contributed by atoms with Crippen LogP contribution in [0.3, 0.4) is 0 Å². The van der Waals surface area contributed by atoms with Crippen molar-refractivity contribution < 1.29 is 4.74 Å². The topological polar surface area (TPSA) is 21.3 Å². The van der Waals surface area contributed by atoms with E-state index >= 15 is 0 Å². The van der Waals surface area contributed by atoms with Gasteiger partial charge in [0.05, 0.1) is 6.10 Å². The SMILES string of the molecule is CNC(C)c1ccc(OC2CC(C)CC(C)C2)cc1Br. The van der Waals surface area contributed by atoms with Gasteiger partial charge in [-0.25, -0.2) is 0 Å². The molecule has 3 atom stereocenters. The van der Waals surface area contributed by atoms with Crippen molar-refractivity contribution in [2.24, 2.45) is 11.8 Å². The van der Waals surface area contributed by atoms with Crippen molar-refractivity contribution in [2.45, 2.75) is 52.2 Å². The van der Waals surface area contributed by atoms with Crippen LogP contribution in [-0.2, 0) is 0 Å². The molecule has 3 heteroatoms. The summed E-state index contributed by atoms with van der Waals surface area (Å²) in [7, 11) is 1.98. The summed E-state index contributed by atoms with van der Waals surface area (Å²) in [5, 5.41) is 3.26. The summed E-state index contributed by atoms with van der Waals surface area (Å²) in [5.74, 6) is 2.53. The minimum Gasteiger partial charge on any atom is -0.490 e. The standard InChI is InChI=1S/C17H26BrNO/c1-11-7-12(2)9-15(8-11)20-14-5-6-16(13(3)19-4)17(18)10-14/h5-6,10-13,15,19H,7-9H2,1-4H3. The molecule has 0 amide bonds. The lowest BCUT2D eigenvalue weighted by molar-refractivity contribution is 0.101. The average Bonchev–Trinajstić information content (AvgIpc) is 2.36. The highest BCUT2D eigenvalue weighted by atomic mass is 79.9. The first kappa shape index (κ1) is 15.8. The summed E-state index contributed by atoms with van der Waals surface area (Å²) >= 11 is 3.66. The number of ether oxygens (including phenoxy) is 1. The van der Waals surface area contributed by atoms with Gasteiger partial charge in [0, 0.05) is 10.5 Å². The minimum absolute atomic E-state index is 0.341. The summed E-state index contributed by atoms with van der Waals surface area (Å²) in [5.41, 5.74) is 1.27. The van der Waals surface area contributed by atoms with Crippen LogP contribution >= 0.6 is 15.9 Å². The first-order valence-electron chi connectivity index (χ1n) is 7.63. The molecule has 1 N–H and O–H groups in total. The molecule has 0 aliphatic heterocycles. The Balaban J connectivity index is 2.05.